The molecule has 0 amide bonds. The van der Waals surface area contributed by atoms with Crippen LogP contribution < -0.4 is 4.74 Å². The van der Waals surface area contributed by atoms with E-state index in [-0.39, 0.29) is 11.7 Å². The van der Waals surface area contributed by atoms with Crippen molar-refractivity contribution in [2.45, 2.75) is 50.2 Å². The molecule has 1 aliphatic carbocycles. The number of benzene rings is 2. The number of rotatable bonds is 8. The van der Waals surface area contributed by atoms with Crippen LogP contribution in [0, 0.1) is 17.7 Å². The number of hydrogen-bond acceptors (Lipinski definition) is 5. The number of carboxylic acid groups (broad SMARTS) is 1. The smallest absolute Gasteiger partial charge is 0.308 e. The third-order valence-corrected chi connectivity index (χ3v) is 8.21. The van der Waals surface area contributed by atoms with Gasteiger partial charge in [-0.05, 0) is 98.0 Å². The number of methoxy groups -OCH3 is 1. The predicted octanol–water partition coefficient (Wildman–Crippen LogP) is 5.17. The number of pyridine rings is 1. The van der Waals surface area contributed by atoms with Gasteiger partial charge in [0.15, 0.2) is 0 Å². The maximum Gasteiger partial charge on any atom is 0.308 e. The number of hydrogen-bond donors (Lipinski definition) is 2. The molecular weight excluding hydrogens is 459 g/mol. The quantitative estimate of drug-likeness (QED) is 0.452. The lowest BCUT2D eigenvalue weighted by molar-refractivity contribution is -0.147. The lowest BCUT2D eigenvalue weighted by Crippen LogP contribution is -2.52. The average Bonchev–Trinajstić information content (AvgIpc) is 2.86. The van der Waals surface area contributed by atoms with E-state index in [0.717, 1.165) is 47.8 Å². The summed E-state index contributed by atoms with van der Waals surface area (Å²) in [4.78, 5) is 18.9. The van der Waals surface area contributed by atoms with E-state index >= 15 is 0 Å². The van der Waals surface area contributed by atoms with Crippen LogP contribution >= 0.6 is 0 Å². The van der Waals surface area contributed by atoms with Crippen LogP contribution in [0.15, 0.2) is 54.7 Å². The molecule has 1 saturated heterocycles. The van der Waals surface area contributed by atoms with Crippen LogP contribution in [0.3, 0.4) is 0 Å². The largest absolute Gasteiger partial charge is 0.497 e. The van der Waals surface area contributed by atoms with Crippen LogP contribution in [0.2, 0.25) is 0 Å². The van der Waals surface area contributed by atoms with E-state index < -0.39 is 18.0 Å². The fourth-order valence-electron chi connectivity index (χ4n) is 5.99. The second-order valence-electron chi connectivity index (χ2n) is 10.2. The van der Waals surface area contributed by atoms with E-state index in [9.17, 15) is 19.4 Å². The number of piperidine rings is 1. The van der Waals surface area contributed by atoms with Crippen LogP contribution in [0.25, 0.3) is 10.9 Å². The molecule has 2 aliphatic rings. The maximum absolute atomic E-state index is 13.6. The first-order chi connectivity index (χ1) is 17.4. The molecule has 3 aromatic rings. The summed E-state index contributed by atoms with van der Waals surface area (Å²) in [7, 11) is 1.61. The molecule has 0 unspecified atom stereocenters. The highest BCUT2D eigenvalue weighted by molar-refractivity contribution is 5.83. The molecule has 0 radical (unpaired) electrons. The molecule has 2 N–H and O–H groups in total. The fourth-order valence-corrected chi connectivity index (χ4v) is 5.99. The molecule has 7 heteroatoms. The van der Waals surface area contributed by atoms with Gasteiger partial charge in [-0.15, -0.1) is 0 Å². The zero-order valence-electron chi connectivity index (χ0n) is 20.5. The minimum Gasteiger partial charge on any atom is -0.497 e. The fraction of sp³-hybridized carbons (Fsp3) is 0.448. The predicted molar refractivity (Wildman–Crippen MR) is 135 cm³/mol. The Kier molecular flexibility index (Phi) is 7.21. The van der Waals surface area contributed by atoms with Crippen molar-refractivity contribution >= 4 is 16.9 Å². The van der Waals surface area contributed by atoms with E-state index in [2.05, 4.69) is 9.88 Å². The Balaban J connectivity index is 1.19. The van der Waals surface area contributed by atoms with Gasteiger partial charge < -0.3 is 14.9 Å². The molecule has 1 aliphatic heterocycles. The molecule has 3 atom stereocenters. The monoisotopic (exact) mass is 492 g/mol. The minimum atomic E-state index is -0.765. The third-order valence-electron chi connectivity index (χ3n) is 8.21. The molecule has 5 rings (SSSR count). The van der Waals surface area contributed by atoms with Gasteiger partial charge in [-0.3, -0.25) is 14.7 Å². The molecule has 1 saturated carbocycles. The molecule has 0 bridgehead atoms. The second-order valence-corrected chi connectivity index (χ2v) is 10.2. The molecule has 6 nitrogen and oxygen atoms in total. The van der Waals surface area contributed by atoms with Crippen LogP contribution in [-0.4, -0.2) is 52.3 Å². The number of carboxylic acids is 1. The molecule has 2 fully saturated rings. The van der Waals surface area contributed by atoms with Gasteiger partial charge in [0.1, 0.15) is 11.6 Å². The summed E-state index contributed by atoms with van der Waals surface area (Å²) in [6.45, 7) is 1.40. The summed E-state index contributed by atoms with van der Waals surface area (Å²) in [5.41, 5.74) is 2.62. The Morgan fingerprint density at radius 1 is 1.22 bits per heavy atom. The maximum atomic E-state index is 13.6. The number of carbonyl (C=O) groups is 1. The lowest BCUT2D eigenvalue weighted by Gasteiger charge is -2.47. The van der Waals surface area contributed by atoms with Gasteiger partial charge >= 0.3 is 5.97 Å². The second kappa shape index (κ2) is 10.5. The molecule has 36 heavy (non-hydrogen) atoms. The Morgan fingerprint density at radius 2 is 2.06 bits per heavy atom. The number of aromatic nitrogens is 1. The van der Waals surface area contributed by atoms with Gasteiger partial charge in [0.25, 0.3) is 0 Å². The van der Waals surface area contributed by atoms with E-state index in [0.29, 0.717) is 37.1 Å². The summed E-state index contributed by atoms with van der Waals surface area (Å²) in [6, 6.07) is 14.6. The first-order valence-corrected chi connectivity index (χ1v) is 12.8. The molecular formula is C29H33FN2O4. The number of likely N-dealkylation sites (tertiary alicyclic amines) is 1. The van der Waals surface area contributed by atoms with Gasteiger partial charge in [0.2, 0.25) is 0 Å². The summed E-state index contributed by atoms with van der Waals surface area (Å²) < 4.78 is 18.9. The molecule has 2 aromatic carbocycles. The van der Waals surface area contributed by atoms with Crippen molar-refractivity contribution in [3.8, 4) is 5.75 Å². The van der Waals surface area contributed by atoms with Gasteiger partial charge in [-0.1, -0.05) is 12.1 Å². The summed E-state index contributed by atoms with van der Waals surface area (Å²) in [6.07, 6.45) is 4.83. The van der Waals surface area contributed by atoms with Crippen molar-refractivity contribution < 1.29 is 24.1 Å². The van der Waals surface area contributed by atoms with Crippen molar-refractivity contribution in [1.82, 2.24) is 9.88 Å². The van der Waals surface area contributed by atoms with Gasteiger partial charge in [0, 0.05) is 24.2 Å². The highest BCUT2D eigenvalue weighted by Crippen LogP contribution is 2.42. The lowest BCUT2D eigenvalue weighted by atomic mass is 9.73. The Labute approximate surface area is 210 Å². The van der Waals surface area contributed by atoms with Crippen molar-refractivity contribution in [3.05, 3.63) is 71.7 Å². The number of aliphatic hydroxyl groups is 1. The van der Waals surface area contributed by atoms with E-state index in [1.54, 1.807) is 25.4 Å². The summed E-state index contributed by atoms with van der Waals surface area (Å²) in [5, 5.41) is 21.9. The number of aliphatic carboxylic acids is 1. The Morgan fingerprint density at radius 3 is 2.81 bits per heavy atom. The summed E-state index contributed by atoms with van der Waals surface area (Å²) >= 11 is 0. The first kappa shape index (κ1) is 24.7. The highest BCUT2D eigenvalue weighted by atomic mass is 19.1. The van der Waals surface area contributed by atoms with Crippen molar-refractivity contribution in [2.75, 3.05) is 20.2 Å². The highest BCUT2D eigenvalue weighted by Gasteiger charge is 2.41. The number of ether oxygens (including phenoxy) is 1. The van der Waals surface area contributed by atoms with Crippen molar-refractivity contribution in [2.24, 2.45) is 11.8 Å². The zero-order chi connectivity index (χ0) is 25.2. The van der Waals surface area contributed by atoms with Crippen LogP contribution in [0.1, 0.15) is 55.3 Å². The SMILES string of the molecule is COc1ccc2nccc([C@H](O)CC[C@@H]3CCN(C4CC(c5cccc(F)c5)C4)C[C@@H]3C(=O)O)c2c1. The standard InChI is InChI=1S/C29H33FN2O4/c1-36-23-6-7-27-25(16-23)24(9-11-31-27)28(33)8-5-18-10-12-32(17-26(18)29(34)35)22-14-20(15-22)19-3-2-4-21(30)13-19/h2-4,6-7,9,11,13,16,18,20,22,26,28,33H,5,8,10,12,14-15,17H2,1H3,(H,34,35)/t18-,20?,22?,26+,28-/m1/s1. The Bertz CT molecular complexity index is 1230. The number of fused-ring (bicyclic) bond motifs is 1. The van der Waals surface area contributed by atoms with Gasteiger partial charge in [-0.2, -0.15) is 0 Å². The van der Waals surface area contributed by atoms with Crippen molar-refractivity contribution in [1.29, 1.82) is 0 Å². The van der Waals surface area contributed by atoms with E-state index in [1.165, 1.54) is 6.07 Å². The molecule has 1 aromatic heterocycles. The third kappa shape index (κ3) is 5.08. The average molecular weight is 493 g/mol. The van der Waals surface area contributed by atoms with Crippen LogP contribution in [0.5, 0.6) is 5.75 Å². The van der Waals surface area contributed by atoms with Gasteiger partial charge in [0.05, 0.1) is 24.6 Å². The van der Waals surface area contributed by atoms with Crippen LogP contribution in [0.4, 0.5) is 4.39 Å². The minimum absolute atomic E-state index is 0.0233. The number of nitrogens with zero attached hydrogens (tertiary/aromatic N) is 2. The van der Waals surface area contributed by atoms with Crippen LogP contribution in [-0.2, 0) is 4.79 Å². The molecule has 0 spiro atoms. The summed E-state index contributed by atoms with van der Waals surface area (Å²) in [5.74, 6) is -0.347. The Hall–Kier alpha value is -3.03. The topological polar surface area (TPSA) is 82.9 Å². The van der Waals surface area contributed by atoms with Gasteiger partial charge in [-0.25, -0.2) is 4.39 Å². The van der Waals surface area contributed by atoms with E-state index in [4.69, 9.17) is 4.74 Å². The molecule has 2 heterocycles. The number of halogens is 1. The zero-order valence-corrected chi connectivity index (χ0v) is 20.5. The van der Waals surface area contributed by atoms with E-state index in [1.807, 2.05) is 30.3 Å². The number of aliphatic hydroxyl groups excluding tert-OH is 1. The first-order valence-electron chi connectivity index (χ1n) is 12.8. The van der Waals surface area contributed by atoms with Crippen molar-refractivity contribution in [3.63, 3.8) is 0 Å². The normalized spacial score (nSPS) is 25.3. The molecule has 190 valence electrons.